The number of rotatable bonds is 1. The predicted octanol–water partition coefficient (Wildman–Crippen LogP) is 3.06. The van der Waals surface area contributed by atoms with E-state index in [2.05, 4.69) is 9.97 Å². The van der Waals surface area contributed by atoms with Crippen molar-refractivity contribution >= 4 is 24.4 Å². The zero-order valence-corrected chi connectivity index (χ0v) is 8.17. The summed E-state index contributed by atoms with van der Waals surface area (Å²) < 4.78 is 6.28. The van der Waals surface area contributed by atoms with Crippen molar-refractivity contribution in [2.24, 2.45) is 0 Å². The Hall–Kier alpha value is -1.20. The normalized spacial score (nSPS) is 10.2. The molecule has 2 aromatic rings. The second-order valence-electron chi connectivity index (χ2n) is 2.48. The van der Waals surface area contributed by atoms with E-state index in [4.69, 9.17) is 28.9 Å². The lowest BCUT2D eigenvalue weighted by atomic mass is 10.3. The van der Waals surface area contributed by atoms with Crippen molar-refractivity contribution in [3.05, 3.63) is 33.9 Å². The van der Waals surface area contributed by atoms with Crippen molar-refractivity contribution in [3.63, 3.8) is 0 Å². The Morgan fingerprint density at radius 2 is 2.08 bits per heavy atom. The van der Waals surface area contributed by atoms with Gasteiger partial charge in [-0.2, -0.15) is 0 Å². The van der Waals surface area contributed by atoms with Crippen molar-refractivity contribution in [1.29, 1.82) is 0 Å². The van der Waals surface area contributed by atoms with Crippen LogP contribution in [-0.4, -0.2) is 9.97 Å². The van der Waals surface area contributed by atoms with Crippen LogP contribution < -0.4 is 0 Å². The van der Waals surface area contributed by atoms with E-state index < -0.39 is 0 Å². The molecule has 2 N–H and O–H groups in total. The van der Waals surface area contributed by atoms with Crippen LogP contribution in [0.4, 0.5) is 0 Å². The standard InChI is InChI=1S/C8H6N2OS2/c12-7-4-5(9-8(13)10-7)6-2-1-3-11-6/h1-4H,(H2,9,10,12,13). The molecule has 0 aliphatic carbocycles. The molecule has 2 rings (SSSR count). The first-order valence-corrected chi connectivity index (χ1v) is 4.45. The third kappa shape index (κ3) is 1.76. The van der Waals surface area contributed by atoms with Crippen LogP contribution in [0.3, 0.4) is 0 Å². The largest absolute Gasteiger partial charge is 0.463 e. The number of furan rings is 1. The molecule has 0 saturated carbocycles. The summed E-state index contributed by atoms with van der Waals surface area (Å²) in [5.74, 6) is 0.728. The number of hydrogen-bond donors (Lipinski definition) is 2. The summed E-state index contributed by atoms with van der Waals surface area (Å²) in [4.78, 5) is 5.75. The summed E-state index contributed by atoms with van der Waals surface area (Å²) in [6.45, 7) is 0. The Morgan fingerprint density at radius 1 is 1.23 bits per heavy atom. The fourth-order valence-electron chi connectivity index (χ4n) is 1.03. The third-order valence-electron chi connectivity index (χ3n) is 1.55. The molecule has 2 heterocycles. The average molecular weight is 210 g/mol. The number of aromatic amines is 2. The highest BCUT2D eigenvalue weighted by molar-refractivity contribution is 7.72. The molecule has 3 nitrogen and oxygen atoms in total. The minimum atomic E-state index is 0.499. The first-order valence-electron chi connectivity index (χ1n) is 3.63. The molecule has 0 bridgehead atoms. The summed E-state index contributed by atoms with van der Waals surface area (Å²) in [6.07, 6.45) is 1.60. The second kappa shape index (κ2) is 3.27. The number of aromatic nitrogens is 2. The summed E-state index contributed by atoms with van der Waals surface area (Å²) in [5, 5.41) is 0. The highest BCUT2D eigenvalue weighted by Gasteiger charge is 1.99. The van der Waals surface area contributed by atoms with Gasteiger partial charge < -0.3 is 14.4 Å². The van der Waals surface area contributed by atoms with Crippen LogP contribution in [-0.2, 0) is 0 Å². The molecule has 0 fully saturated rings. The Labute approximate surface area is 84.4 Å². The van der Waals surface area contributed by atoms with Gasteiger partial charge in [0.25, 0.3) is 0 Å². The lowest BCUT2D eigenvalue weighted by Crippen LogP contribution is -1.85. The van der Waals surface area contributed by atoms with Crippen molar-refractivity contribution in [1.82, 2.24) is 9.97 Å². The van der Waals surface area contributed by atoms with E-state index in [0.717, 1.165) is 11.5 Å². The molecule has 0 aromatic carbocycles. The van der Waals surface area contributed by atoms with E-state index in [1.54, 1.807) is 12.3 Å². The van der Waals surface area contributed by atoms with E-state index in [0.29, 0.717) is 9.41 Å². The fourth-order valence-corrected chi connectivity index (χ4v) is 1.54. The van der Waals surface area contributed by atoms with Gasteiger partial charge in [0.1, 0.15) is 10.4 Å². The van der Waals surface area contributed by atoms with Gasteiger partial charge in [-0.1, -0.05) is 12.2 Å². The quantitative estimate of drug-likeness (QED) is 0.711. The maximum absolute atomic E-state index is 5.19. The zero-order chi connectivity index (χ0) is 9.26. The maximum Gasteiger partial charge on any atom is 0.175 e. The van der Waals surface area contributed by atoms with E-state index in [1.165, 1.54) is 0 Å². The van der Waals surface area contributed by atoms with Crippen molar-refractivity contribution in [2.75, 3.05) is 0 Å². The van der Waals surface area contributed by atoms with Crippen molar-refractivity contribution in [3.8, 4) is 11.5 Å². The van der Waals surface area contributed by atoms with Crippen LogP contribution in [0.25, 0.3) is 11.5 Å². The Morgan fingerprint density at radius 3 is 2.69 bits per heavy atom. The lowest BCUT2D eigenvalue weighted by Gasteiger charge is -1.95. The van der Waals surface area contributed by atoms with Crippen molar-refractivity contribution in [2.45, 2.75) is 0 Å². The molecule has 0 amide bonds. The van der Waals surface area contributed by atoms with Crippen LogP contribution in [0.2, 0.25) is 0 Å². The van der Waals surface area contributed by atoms with E-state index in [9.17, 15) is 0 Å². The Balaban J connectivity index is 2.66. The highest BCUT2D eigenvalue weighted by atomic mass is 32.1. The first kappa shape index (κ1) is 8.40. The molecule has 0 atom stereocenters. The molecule has 0 aliphatic heterocycles. The monoisotopic (exact) mass is 210 g/mol. The van der Waals surface area contributed by atoms with Crippen LogP contribution in [0.1, 0.15) is 0 Å². The van der Waals surface area contributed by atoms with Gasteiger partial charge in [-0.05, 0) is 24.4 Å². The number of H-pyrrole nitrogens is 2. The molecule has 66 valence electrons. The van der Waals surface area contributed by atoms with Gasteiger partial charge in [0.2, 0.25) is 0 Å². The van der Waals surface area contributed by atoms with Gasteiger partial charge in [0.15, 0.2) is 4.77 Å². The van der Waals surface area contributed by atoms with Crippen LogP contribution in [0.5, 0.6) is 0 Å². The molecule has 0 aliphatic rings. The average Bonchev–Trinajstić information content (AvgIpc) is 2.53. The molecular formula is C8H6N2OS2. The van der Waals surface area contributed by atoms with Gasteiger partial charge in [-0.25, -0.2) is 0 Å². The van der Waals surface area contributed by atoms with Gasteiger partial charge >= 0.3 is 0 Å². The number of hydrogen-bond acceptors (Lipinski definition) is 3. The lowest BCUT2D eigenvalue weighted by molar-refractivity contribution is 0.579. The summed E-state index contributed by atoms with van der Waals surface area (Å²) in [6, 6.07) is 5.42. The zero-order valence-electron chi connectivity index (χ0n) is 6.53. The molecule has 13 heavy (non-hydrogen) atoms. The molecule has 0 radical (unpaired) electrons. The molecule has 0 unspecified atom stereocenters. The fraction of sp³-hybridized carbons (Fsp3) is 0. The van der Waals surface area contributed by atoms with Gasteiger partial charge in [0.05, 0.1) is 12.0 Å². The van der Waals surface area contributed by atoms with Crippen molar-refractivity contribution < 1.29 is 4.42 Å². The maximum atomic E-state index is 5.19. The van der Waals surface area contributed by atoms with E-state index >= 15 is 0 Å². The molecule has 5 heteroatoms. The molecule has 0 saturated heterocycles. The van der Waals surface area contributed by atoms with Crippen LogP contribution in [0, 0.1) is 9.41 Å². The number of nitrogens with one attached hydrogen (secondary N) is 2. The summed E-state index contributed by atoms with van der Waals surface area (Å²) in [5.41, 5.74) is 0.791. The van der Waals surface area contributed by atoms with E-state index in [-0.39, 0.29) is 0 Å². The van der Waals surface area contributed by atoms with Crippen LogP contribution in [0.15, 0.2) is 28.9 Å². The van der Waals surface area contributed by atoms with Gasteiger partial charge in [0, 0.05) is 6.07 Å². The Kier molecular flexibility index (Phi) is 2.12. The molecular weight excluding hydrogens is 204 g/mol. The van der Waals surface area contributed by atoms with E-state index in [1.807, 2.05) is 12.1 Å². The first-order chi connectivity index (χ1) is 6.25. The second-order valence-corrected chi connectivity index (χ2v) is 3.33. The van der Waals surface area contributed by atoms with Gasteiger partial charge in [-0.3, -0.25) is 0 Å². The summed E-state index contributed by atoms with van der Waals surface area (Å²) in [7, 11) is 0. The minimum absolute atomic E-state index is 0.499. The highest BCUT2D eigenvalue weighted by Crippen LogP contribution is 2.15. The smallest absolute Gasteiger partial charge is 0.175 e. The SMILES string of the molecule is S=c1cc(-c2ccco2)[nH]c(=S)[nH]1. The van der Waals surface area contributed by atoms with Gasteiger partial charge in [-0.15, -0.1) is 0 Å². The third-order valence-corrected chi connectivity index (χ3v) is 1.97. The predicted molar refractivity (Wildman–Crippen MR) is 54.5 cm³/mol. The topological polar surface area (TPSA) is 44.7 Å². The Bertz CT molecular complexity index is 481. The molecule has 0 spiro atoms. The molecule has 2 aromatic heterocycles. The minimum Gasteiger partial charge on any atom is -0.463 e. The van der Waals surface area contributed by atoms with Crippen LogP contribution >= 0.6 is 24.4 Å². The summed E-state index contributed by atoms with van der Waals surface area (Å²) >= 11 is 9.92.